The van der Waals surface area contributed by atoms with Gasteiger partial charge in [0.15, 0.2) is 0 Å². The lowest BCUT2D eigenvalue weighted by molar-refractivity contribution is 0.110. The molecule has 0 aromatic carbocycles. The van der Waals surface area contributed by atoms with Crippen molar-refractivity contribution in [1.82, 2.24) is 9.36 Å². The maximum absolute atomic E-state index is 10.2. The zero-order chi connectivity index (χ0) is 13.2. The first-order valence-corrected chi connectivity index (χ1v) is 8.34. The molecule has 1 aromatic rings. The smallest absolute Gasteiger partial charge is 0.205 e. The van der Waals surface area contributed by atoms with Crippen LogP contribution in [0.4, 0.5) is 5.13 Å². The second-order valence-electron chi connectivity index (χ2n) is 5.77. The molecule has 1 N–H and O–H groups in total. The molecular weight excluding hydrogens is 258 g/mol. The van der Waals surface area contributed by atoms with Crippen LogP contribution in [-0.2, 0) is 6.42 Å². The second kappa shape index (κ2) is 5.75. The van der Waals surface area contributed by atoms with Crippen LogP contribution in [0.25, 0.3) is 0 Å². The first-order valence-electron chi connectivity index (χ1n) is 7.57. The van der Waals surface area contributed by atoms with Crippen LogP contribution < -0.4 is 4.90 Å². The van der Waals surface area contributed by atoms with E-state index in [1.54, 1.807) is 0 Å². The second-order valence-corrected chi connectivity index (χ2v) is 6.50. The average molecular weight is 281 g/mol. The van der Waals surface area contributed by atoms with Gasteiger partial charge in [0.1, 0.15) is 5.82 Å². The van der Waals surface area contributed by atoms with E-state index in [4.69, 9.17) is 0 Å². The van der Waals surface area contributed by atoms with Crippen LogP contribution in [0.2, 0.25) is 0 Å². The summed E-state index contributed by atoms with van der Waals surface area (Å²) in [5.41, 5.74) is 0. The molecule has 0 radical (unpaired) electrons. The SMILES string of the molecule is CCc1nsc(N2CCCC[C@@H]2[C@@H]2CCC[C@H]2O)n1. The topological polar surface area (TPSA) is 49.2 Å². The van der Waals surface area contributed by atoms with Crippen LogP contribution in [0, 0.1) is 5.92 Å². The number of anilines is 1. The highest BCUT2D eigenvalue weighted by molar-refractivity contribution is 7.09. The Balaban J connectivity index is 1.80. The van der Waals surface area contributed by atoms with Crippen LogP contribution in [0.1, 0.15) is 51.3 Å². The van der Waals surface area contributed by atoms with Gasteiger partial charge in [-0.15, -0.1) is 0 Å². The first kappa shape index (κ1) is 13.3. The van der Waals surface area contributed by atoms with Gasteiger partial charge in [0.2, 0.25) is 5.13 Å². The van der Waals surface area contributed by atoms with Gasteiger partial charge in [-0.2, -0.15) is 4.37 Å². The molecule has 1 aliphatic carbocycles. The standard InChI is InChI=1S/C14H23N3OS/c1-2-13-15-14(19-16-13)17-9-4-3-7-11(17)10-6-5-8-12(10)18/h10-12,18H,2-9H2,1H3/t10-,11+,12+/m0/s1. The summed E-state index contributed by atoms with van der Waals surface area (Å²) in [6.07, 6.45) is 7.83. The minimum Gasteiger partial charge on any atom is -0.393 e. The number of piperidine rings is 1. The lowest BCUT2D eigenvalue weighted by Crippen LogP contribution is -2.46. The minimum atomic E-state index is -0.107. The summed E-state index contributed by atoms with van der Waals surface area (Å²) >= 11 is 1.53. The number of rotatable bonds is 3. The Morgan fingerprint density at radius 3 is 2.84 bits per heavy atom. The number of aromatic nitrogens is 2. The Morgan fingerprint density at radius 1 is 1.26 bits per heavy atom. The Labute approximate surface area is 119 Å². The molecule has 106 valence electrons. The van der Waals surface area contributed by atoms with E-state index >= 15 is 0 Å². The number of hydrogen-bond acceptors (Lipinski definition) is 5. The average Bonchev–Trinajstić information content (AvgIpc) is 3.07. The molecule has 3 rings (SSSR count). The Hall–Kier alpha value is -0.680. The maximum atomic E-state index is 10.2. The summed E-state index contributed by atoms with van der Waals surface area (Å²) in [4.78, 5) is 7.08. The van der Waals surface area contributed by atoms with E-state index in [0.717, 1.165) is 30.3 Å². The van der Waals surface area contributed by atoms with E-state index < -0.39 is 0 Å². The Bertz CT molecular complexity index is 423. The molecule has 2 fully saturated rings. The molecule has 0 amide bonds. The summed E-state index contributed by atoms with van der Waals surface area (Å²) in [7, 11) is 0. The predicted octanol–water partition coefficient (Wildman–Crippen LogP) is 2.62. The van der Waals surface area contributed by atoms with Gasteiger partial charge in [-0.1, -0.05) is 13.3 Å². The molecule has 4 nitrogen and oxygen atoms in total. The van der Waals surface area contributed by atoms with E-state index in [9.17, 15) is 5.11 Å². The Kier molecular flexibility index (Phi) is 4.03. The number of aryl methyl sites for hydroxylation is 1. The monoisotopic (exact) mass is 281 g/mol. The molecule has 3 atom stereocenters. The van der Waals surface area contributed by atoms with E-state index in [-0.39, 0.29) is 6.10 Å². The molecule has 2 heterocycles. The van der Waals surface area contributed by atoms with Gasteiger partial charge >= 0.3 is 0 Å². The third-order valence-corrected chi connectivity index (χ3v) is 5.39. The molecule has 0 bridgehead atoms. The molecule has 1 saturated carbocycles. The molecule has 1 saturated heterocycles. The minimum absolute atomic E-state index is 0.107. The van der Waals surface area contributed by atoms with Crippen molar-refractivity contribution in [3.05, 3.63) is 5.82 Å². The zero-order valence-corrected chi connectivity index (χ0v) is 12.4. The fourth-order valence-corrected chi connectivity index (χ4v) is 4.40. The van der Waals surface area contributed by atoms with Crippen molar-refractivity contribution in [3.63, 3.8) is 0 Å². The molecule has 5 heteroatoms. The van der Waals surface area contributed by atoms with E-state index in [0.29, 0.717) is 12.0 Å². The highest BCUT2D eigenvalue weighted by Crippen LogP contribution is 2.37. The molecule has 2 aliphatic rings. The number of aliphatic hydroxyl groups excluding tert-OH is 1. The highest BCUT2D eigenvalue weighted by atomic mass is 32.1. The van der Waals surface area contributed by atoms with Crippen LogP contribution in [0.5, 0.6) is 0 Å². The summed E-state index contributed by atoms with van der Waals surface area (Å²) < 4.78 is 4.42. The van der Waals surface area contributed by atoms with Gasteiger partial charge in [-0.3, -0.25) is 0 Å². The largest absolute Gasteiger partial charge is 0.393 e. The van der Waals surface area contributed by atoms with Gasteiger partial charge in [0.05, 0.1) is 6.10 Å². The zero-order valence-electron chi connectivity index (χ0n) is 11.6. The summed E-state index contributed by atoms with van der Waals surface area (Å²) in [5.74, 6) is 1.39. The first-order chi connectivity index (χ1) is 9.29. The lowest BCUT2D eigenvalue weighted by atomic mass is 9.88. The van der Waals surface area contributed by atoms with Gasteiger partial charge in [-0.05, 0) is 32.1 Å². The van der Waals surface area contributed by atoms with Crippen molar-refractivity contribution < 1.29 is 5.11 Å². The van der Waals surface area contributed by atoms with Gasteiger partial charge in [-0.25, -0.2) is 4.98 Å². The van der Waals surface area contributed by atoms with Crippen molar-refractivity contribution in [3.8, 4) is 0 Å². The normalized spacial score (nSPS) is 31.9. The number of hydrogen-bond donors (Lipinski definition) is 1. The fraction of sp³-hybridized carbons (Fsp3) is 0.857. The molecule has 1 aliphatic heterocycles. The van der Waals surface area contributed by atoms with Gasteiger partial charge in [0.25, 0.3) is 0 Å². The van der Waals surface area contributed by atoms with Crippen LogP contribution >= 0.6 is 11.5 Å². The van der Waals surface area contributed by atoms with Gasteiger partial charge < -0.3 is 10.0 Å². The van der Waals surface area contributed by atoms with E-state index in [1.807, 2.05) is 0 Å². The molecule has 0 unspecified atom stereocenters. The predicted molar refractivity (Wildman–Crippen MR) is 77.6 cm³/mol. The van der Waals surface area contributed by atoms with Crippen molar-refractivity contribution in [1.29, 1.82) is 0 Å². The molecular formula is C14H23N3OS. The fourth-order valence-electron chi connectivity index (χ4n) is 3.56. The number of aliphatic hydroxyl groups is 1. The number of nitrogens with zero attached hydrogens (tertiary/aromatic N) is 3. The van der Waals surface area contributed by atoms with Crippen molar-refractivity contribution in [2.45, 2.75) is 64.0 Å². The maximum Gasteiger partial charge on any atom is 0.205 e. The molecule has 19 heavy (non-hydrogen) atoms. The van der Waals surface area contributed by atoms with Crippen LogP contribution in [0.3, 0.4) is 0 Å². The lowest BCUT2D eigenvalue weighted by Gasteiger charge is -2.40. The van der Waals surface area contributed by atoms with E-state index in [1.165, 1.54) is 43.6 Å². The van der Waals surface area contributed by atoms with E-state index in [2.05, 4.69) is 21.2 Å². The molecule has 1 aromatic heterocycles. The molecule has 0 spiro atoms. The van der Waals surface area contributed by atoms with Gasteiger partial charge in [0, 0.05) is 36.5 Å². The van der Waals surface area contributed by atoms with Crippen LogP contribution in [-0.4, -0.2) is 33.2 Å². The quantitative estimate of drug-likeness (QED) is 0.925. The third-order valence-electron chi connectivity index (χ3n) is 4.59. The third kappa shape index (κ3) is 2.63. The Morgan fingerprint density at radius 2 is 2.16 bits per heavy atom. The van der Waals surface area contributed by atoms with Crippen molar-refractivity contribution in [2.75, 3.05) is 11.4 Å². The highest BCUT2D eigenvalue weighted by Gasteiger charge is 2.38. The van der Waals surface area contributed by atoms with Crippen molar-refractivity contribution in [2.24, 2.45) is 5.92 Å². The van der Waals surface area contributed by atoms with Crippen LogP contribution in [0.15, 0.2) is 0 Å². The summed E-state index contributed by atoms with van der Waals surface area (Å²) in [5, 5.41) is 11.3. The van der Waals surface area contributed by atoms with Crippen molar-refractivity contribution >= 4 is 16.7 Å². The summed E-state index contributed by atoms with van der Waals surface area (Å²) in [6, 6.07) is 0.476. The summed E-state index contributed by atoms with van der Waals surface area (Å²) in [6.45, 7) is 3.17.